The lowest BCUT2D eigenvalue weighted by molar-refractivity contribution is -0.123. The maximum absolute atomic E-state index is 11.8. The molecule has 0 aromatic heterocycles. The molecule has 1 N–H and O–H groups in total. The van der Waals surface area contributed by atoms with E-state index < -0.39 is 5.54 Å². The van der Waals surface area contributed by atoms with Crippen molar-refractivity contribution in [1.29, 1.82) is 5.26 Å². The van der Waals surface area contributed by atoms with Crippen LogP contribution in [-0.2, 0) is 9.53 Å². The molecule has 0 bridgehead atoms. The van der Waals surface area contributed by atoms with Crippen molar-refractivity contribution in [3.8, 4) is 6.07 Å². The van der Waals surface area contributed by atoms with Crippen LogP contribution in [0.25, 0.3) is 0 Å². The topological polar surface area (TPSA) is 62.1 Å². The smallest absolute Gasteiger partial charge is 0.221 e. The summed E-state index contributed by atoms with van der Waals surface area (Å²) in [5.41, 5.74) is -0.687. The number of hydrogen-bond acceptors (Lipinski definition) is 3. The molecule has 0 aromatic carbocycles. The van der Waals surface area contributed by atoms with Gasteiger partial charge in [-0.05, 0) is 32.1 Å². The average Bonchev–Trinajstić information content (AvgIpc) is 2.87. The number of carbonyl (C=O) groups excluding carboxylic acids is 1. The largest absolute Gasteiger partial charge is 0.378 e. The van der Waals surface area contributed by atoms with Crippen LogP contribution in [0.1, 0.15) is 52.4 Å². The monoisotopic (exact) mass is 238 g/mol. The van der Waals surface area contributed by atoms with Crippen LogP contribution in [0.3, 0.4) is 0 Å². The minimum Gasteiger partial charge on any atom is -0.378 e. The van der Waals surface area contributed by atoms with Crippen LogP contribution >= 0.6 is 0 Å². The van der Waals surface area contributed by atoms with E-state index in [1.165, 1.54) is 0 Å². The van der Waals surface area contributed by atoms with Crippen molar-refractivity contribution < 1.29 is 9.53 Å². The van der Waals surface area contributed by atoms with Gasteiger partial charge >= 0.3 is 0 Å². The maximum atomic E-state index is 11.8. The highest BCUT2D eigenvalue weighted by molar-refractivity contribution is 5.77. The van der Waals surface area contributed by atoms with Crippen molar-refractivity contribution in [2.24, 2.45) is 0 Å². The highest BCUT2D eigenvalue weighted by Gasteiger charge is 2.28. The van der Waals surface area contributed by atoms with E-state index in [1.54, 1.807) is 0 Å². The molecule has 0 aliphatic carbocycles. The van der Waals surface area contributed by atoms with Crippen LogP contribution in [0, 0.1) is 11.3 Å². The predicted octanol–water partition coefficient (Wildman–Crippen LogP) is 2.14. The number of hydrogen-bond donors (Lipinski definition) is 1. The van der Waals surface area contributed by atoms with E-state index in [0.29, 0.717) is 19.3 Å². The molecular weight excluding hydrogens is 216 g/mol. The summed E-state index contributed by atoms with van der Waals surface area (Å²) < 4.78 is 5.47. The number of carbonyl (C=O) groups is 1. The van der Waals surface area contributed by atoms with Crippen LogP contribution < -0.4 is 5.32 Å². The Bertz CT molecular complexity index is 286. The Morgan fingerprint density at radius 2 is 2.24 bits per heavy atom. The molecule has 4 heteroatoms. The van der Waals surface area contributed by atoms with Crippen LogP contribution in [0.2, 0.25) is 0 Å². The molecule has 1 aliphatic rings. The summed E-state index contributed by atoms with van der Waals surface area (Å²) in [7, 11) is 0. The van der Waals surface area contributed by atoms with Gasteiger partial charge in [0.2, 0.25) is 5.91 Å². The fraction of sp³-hybridized carbons (Fsp3) is 0.846. The summed E-state index contributed by atoms with van der Waals surface area (Å²) in [5, 5.41) is 12.0. The van der Waals surface area contributed by atoms with E-state index in [0.717, 1.165) is 25.9 Å². The Labute approximate surface area is 103 Å². The standard InChI is InChI=1S/C13H22N2O2/c1-3-13(4-2,10-14)15-12(16)8-7-11-6-5-9-17-11/h11H,3-9H2,1-2H3,(H,15,16). The molecule has 0 aromatic rings. The van der Waals surface area contributed by atoms with Gasteiger partial charge in [-0.15, -0.1) is 0 Å². The zero-order valence-corrected chi connectivity index (χ0v) is 10.8. The zero-order chi connectivity index (χ0) is 12.7. The van der Waals surface area contributed by atoms with E-state index in [1.807, 2.05) is 13.8 Å². The number of rotatable bonds is 6. The SMILES string of the molecule is CCC(C#N)(CC)NC(=O)CCC1CCCO1. The first kappa shape index (κ1) is 14.0. The third kappa shape index (κ3) is 4.01. The van der Waals surface area contributed by atoms with Gasteiger partial charge in [0.1, 0.15) is 5.54 Å². The lowest BCUT2D eigenvalue weighted by Crippen LogP contribution is -2.46. The molecule has 1 fully saturated rings. The molecule has 1 rings (SSSR count). The van der Waals surface area contributed by atoms with E-state index in [9.17, 15) is 4.79 Å². The average molecular weight is 238 g/mol. The van der Waals surface area contributed by atoms with Gasteiger partial charge in [0.05, 0.1) is 12.2 Å². The van der Waals surface area contributed by atoms with E-state index in [2.05, 4.69) is 11.4 Å². The molecule has 1 heterocycles. The molecular formula is C13H22N2O2. The van der Waals surface area contributed by atoms with Crippen LogP contribution in [0.15, 0.2) is 0 Å². The molecule has 1 saturated heterocycles. The maximum Gasteiger partial charge on any atom is 0.221 e. The highest BCUT2D eigenvalue weighted by Crippen LogP contribution is 2.18. The second-order valence-electron chi connectivity index (χ2n) is 4.62. The van der Waals surface area contributed by atoms with Gasteiger partial charge in [0, 0.05) is 13.0 Å². The van der Waals surface area contributed by atoms with Gasteiger partial charge in [-0.3, -0.25) is 4.79 Å². The van der Waals surface area contributed by atoms with Crippen LogP contribution in [-0.4, -0.2) is 24.2 Å². The normalized spacial score (nSPS) is 19.9. The molecule has 1 amide bonds. The quantitative estimate of drug-likeness (QED) is 0.771. The molecule has 96 valence electrons. The van der Waals surface area contributed by atoms with Crippen molar-refractivity contribution in [2.75, 3.05) is 6.61 Å². The van der Waals surface area contributed by atoms with Gasteiger partial charge in [-0.1, -0.05) is 13.8 Å². The number of amides is 1. The van der Waals surface area contributed by atoms with Crippen molar-refractivity contribution in [3.05, 3.63) is 0 Å². The van der Waals surface area contributed by atoms with Gasteiger partial charge in [0.15, 0.2) is 0 Å². The first-order valence-corrected chi connectivity index (χ1v) is 6.49. The fourth-order valence-electron chi connectivity index (χ4n) is 2.11. The first-order chi connectivity index (χ1) is 8.15. The van der Waals surface area contributed by atoms with E-state index in [-0.39, 0.29) is 12.0 Å². The molecule has 4 nitrogen and oxygen atoms in total. The van der Waals surface area contributed by atoms with Gasteiger partial charge in [-0.2, -0.15) is 5.26 Å². The number of nitrogens with zero attached hydrogens (tertiary/aromatic N) is 1. The molecule has 1 aliphatic heterocycles. The molecule has 1 atom stereocenters. The third-order valence-corrected chi connectivity index (χ3v) is 3.52. The summed E-state index contributed by atoms with van der Waals surface area (Å²) in [6, 6.07) is 2.21. The summed E-state index contributed by atoms with van der Waals surface area (Å²) >= 11 is 0. The van der Waals surface area contributed by atoms with Crippen molar-refractivity contribution >= 4 is 5.91 Å². The summed E-state index contributed by atoms with van der Waals surface area (Å²) in [5.74, 6) is -0.0363. The van der Waals surface area contributed by atoms with Gasteiger partial charge in [0.25, 0.3) is 0 Å². The minimum atomic E-state index is -0.687. The molecule has 0 radical (unpaired) electrons. The van der Waals surface area contributed by atoms with Gasteiger partial charge in [-0.25, -0.2) is 0 Å². The molecule has 0 spiro atoms. The Morgan fingerprint density at radius 3 is 2.71 bits per heavy atom. The van der Waals surface area contributed by atoms with Crippen molar-refractivity contribution in [1.82, 2.24) is 5.32 Å². The number of nitrogens with one attached hydrogen (secondary N) is 1. The highest BCUT2D eigenvalue weighted by atomic mass is 16.5. The molecule has 0 saturated carbocycles. The van der Waals surface area contributed by atoms with E-state index >= 15 is 0 Å². The molecule has 1 unspecified atom stereocenters. The minimum absolute atomic E-state index is 0.0363. The van der Waals surface area contributed by atoms with Crippen LogP contribution in [0.4, 0.5) is 0 Å². The van der Waals surface area contributed by atoms with Crippen LogP contribution in [0.5, 0.6) is 0 Å². The number of nitriles is 1. The fourth-order valence-corrected chi connectivity index (χ4v) is 2.11. The second-order valence-corrected chi connectivity index (χ2v) is 4.62. The van der Waals surface area contributed by atoms with Gasteiger partial charge < -0.3 is 10.1 Å². The number of ether oxygens (including phenoxy) is 1. The lowest BCUT2D eigenvalue weighted by Gasteiger charge is -2.25. The summed E-state index contributed by atoms with van der Waals surface area (Å²) in [6.07, 6.45) is 4.89. The summed E-state index contributed by atoms with van der Waals surface area (Å²) in [4.78, 5) is 11.8. The molecule has 17 heavy (non-hydrogen) atoms. The third-order valence-electron chi connectivity index (χ3n) is 3.52. The Balaban J connectivity index is 2.34. The Morgan fingerprint density at radius 1 is 1.53 bits per heavy atom. The lowest BCUT2D eigenvalue weighted by atomic mass is 9.94. The van der Waals surface area contributed by atoms with E-state index in [4.69, 9.17) is 10.00 Å². The van der Waals surface area contributed by atoms with Crippen molar-refractivity contribution in [2.45, 2.75) is 64.0 Å². The predicted molar refractivity (Wildman–Crippen MR) is 65.3 cm³/mol. The first-order valence-electron chi connectivity index (χ1n) is 6.49. The second kappa shape index (κ2) is 6.61. The van der Waals surface area contributed by atoms with Crippen molar-refractivity contribution in [3.63, 3.8) is 0 Å². The zero-order valence-electron chi connectivity index (χ0n) is 10.8. The summed E-state index contributed by atoms with van der Waals surface area (Å²) in [6.45, 7) is 4.67. The Kier molecular flexibility index (Phi) is 5.43. The Hall–Kier alpha value is -1.08.